The van der Waals surface area contributed by atoms with E-state index in [1.807, 2.05) is 20.9 Å². The Labute approximate surface area is 118 Å². The molecular weight excluding hydrogens is 262 g/mol. The highest BCUT2D eigenvalue weighted by molar-refractivity contribution is 5.68. The van der Waals surface area contributed by atoms with Gasteiger partial charge < -0.3 is 14.6 Å². The summed E-state index contributed by atoms with van der Waals surface area (Å²) in [7, 11) is 3.49. The number of hydrogen-bond acceptors (Lipinski definition) is 5. The molecule has 1 saturated heterocycles. The first kappa shape index (κ1) is 14.8. The largest absolute Gasteiger partial charge is 0.481 e. The van der Waals surface area contributed by atoms with Crippen molar-refractivity contribution < 1.29 is 19.4 Å². The summed E-state index contributed by atoms with van der Waals surface area (Å²) in [6.45, 7) is 5.78. The minimum Gasteiger partial charge on any atom is -0.481 e. The fourth-order valence-corrected chi connectivity index (χ4v) is 2.68. The van der Waals surface area contributed by atoms with E-state index in [0.29, 0.717) is 13.1 Å². The van der Waals surface area contributed by atoms with Crippen LogP contribution in [0.3, 0.4) is 0 Å². The van der Waals surface area contributed by atoms with E-state index in [0.717, 1.165) is 23.7 Å². The predicted molar refractivity (Wildman–Crippen MR) is 71.8 cm³/mol. The maximum atomic E-state index is 10.5. The summed E-state index contributed by atoms with van der Waals surface area (Å²) in [5.41, 5.74) is 1.64. The third-order valence-electron chi connectivity index (χ3n) is 3.52. The Bertz CT molecular complexity index is 506. The summed E-state index contributed by atoms with van der Waals surface area (Å²) < 4.78 is 12.5. The standard InChI is InChI=1S/C13H21N3O4/c1-9-10(12(19-4)15(3)14-9)5-16-7-13(2,8-16)20-6-11(17)18/h5-8H2,1-4H3,(H,17,18). The molecule has 1 aliphatic rings. The number of ether oxygens (including phenoxy) is 2. The summed E-state index contributed by atoms with van der Waals surface area (Å²) in [5, 5.41) is 13.0. The van der Waals surface area contributed by atoms with Gasteiger partial charge in [0.2, 0.25) is 5.88 Å². The van der Waals surface area contributed by atoms with Crippen LogP contribution in [0.25, 0.3) is 0 Å². The van der Waals surface area contributed by atoms with Gasteiger partial charge in [0.25, 0.3) is 0 Å². The molecule has 0 aromatic carbocycles. The summed E-state index contributed by atoms with van der Waals surface area (Å²) in [5.74, 6) is -0.169. The number of rotatable bonds is 6. The van der Waals surface area contributed by atoms with Crippen molar-refractivity contribution in [3.8, 4) is 5.88 Å². The van der Waals surface area contributed by atoms with Gasteiger partial charge in [0.1, 0.15) is 6.61 Å². The van der Waals surface area contributed by atoms with E-state index >= 15 is 0 Å². The number of likely N-dealkylation sites (tertiary alicyclic amines) is 1. The summed E-state index contributed by atoms with van der Waals surface area (Å²) in [6.07, 6.45) is 0. The van der Waals surface area contributed by atoms with E-state index in [1.54, 1.807) is 11.8 Å². The van der Waals surface area contributed by atoms with Crippen molar-refractivity contribution in [1.29, 1.82) is 0 Å². The van der Waals surface area contributed by atoms with Crippen molar-refractivity contribution in [2.45, 2.75) is 26.0 Å². The van der Waals surface area contributed by atoms with Crippen molar-refractivity contribution in [2.24, 2.45) is 7.05 Å². The van der Waals surface area contributed by atoms with Crippen LogP contribution < -0.4 is 4.74 Å². The molecule has 0 atom stereocenters. The van der Waals surface area contributed by atoms with Crippen molar-refractivity contribution >= 4 is 5.97 Å². The highest BCUT2D eigenvalue weighted by Gasteiger charge is 2.40. The zero-order chi connectivity index (χ0) is 14.9. The van der Waals surface area contributed by atoms with Gasteiger partial charge in [-0.3, -0.25) is 4.90 Å². The maximum Gasteiger partial charge on any atom is 0.329 e. The van der Waals surface area contributed by atoms with Gasteiger partial charge in [0.05, 0.1) is 24.0 Å². The summed E-state index contributed by atoms with van der Waals surface area (Å²) in [4.78, 5) is 12.7. The van der Waals surface area contributed by atoms with Gasteiger partial charge in [0.15, 0.2) is 0 Å². The fraction of sp³-hybridized carbons (Fsp3) is 0.692. The molecule has 1 aromatic heterocycles. The monoisotopic (exact) mass is 283 g/mol. The number of aryl methyl sites for hydroxylation is 2. The normalized spacial score (nSPS) is 17.8. The topological polar surface area (TPSA) is 76.8 Å². The van der Waals surface area contributed by atoms with Crippen LogP contribution in [-0.2, 0) is 23.1 Å². The second-order valence-electron chi connectivity index (χ2n) is 5.47. The van der Waals surface area contributed by atoms with Crippen LogP contribution in [0.1, 0.15) is 18.2 Å². The summed E-state index contributed by atoms with van der Waals surface area (Å²) in [6, 6.07) is 0. The smallest absolute Gasteiger partial charge is 0.329 e. The molecule has 20 heavy (non-hydrogen) atoms. The zero-order valence-electron chi connectivity index (χ0n) is 12.3. The number of hydrogen-bond donors (Lipinski definition) is 1. The van der Waals surface area contributed by atoms with Gasteiger partial charge in [-0.15, -0.1) is 0 Å². The molecule has 0 aliphatic carbocycles. The molecule has 1 aromatic rings. The first-order valence-electron chi connectivity index (χ1n) is 6.49. The molecule has 7 heteroatoms. The van der Waals surface area contributed by atoms with Gasteiger partial charge in [-0.1, -0.05) is 0 Å². The molecule has 7 nitrogen and oxygen atoms in total. The van der Waals surface area contributed by atoms with Crippen molar-refractivity contribution in [3.63, 3.8) is 0 Å². The van der Waals surface area contributed by atoms with Crippen molar-refractivity contribution in [3.05, 3.63) is 11.3 Å². The number of carboxylic acid groups (broad SMARTS) is 1. The minimum atomic E-state index is -0.936. The summed E-state index contributed by atoms with van der Waals surface area (Å²) >= 11 is 0. The van der Waals surface area contributed by atoms with Crippen LogP contribution in [0.2, 0.25) is 0 Å². The quantitative estimate of drug-likeness (QED) is 0.815. The van der Waals surface area contributed by atoms with Gasteiger partial charge >= 0.3 is 5.97 Å². The lowest BCUT2D eigenvalue weighted by atomic mass is 9.95. The molecule has 0 spiro atoms. The zero-order valence-corrected chi connectivity index (χ0v) is 12.3. The Hall–Kier alpha value is -1.60. The molecule has 112 valence electrons. The number of carboxylic acids is 1. The SMILES string of the molecule is COc1c(CN2CC(C)(OCC(=O)O)C2)c(C)nn1C. The van der Waals surface area contributed by atoms with Crippen LogP contribution >= 0.6 is 0 Å². The van der Waals surface area contributed by atoms with E-state index < -0.39 is 5.97 Å². The van der Waals surface area contributed by atoms with Crippen LogP contribution in [0.15, 0.2) is 0 Å². The lowest BCUT2D eigenvalue weighted by Gasteiger charge is -2.47. The molecule has 0 radical (unpaired) electrons. The van der Waals surface area contributed by atoms with Gasteiger partial charge in [-0.05, 0) is 13.8 Å². The number of methoxy groups -OCH3 is 1. The third kappa shape index (κ3) is 2.94. The third-order valence-corrected chi connectivity index (χ3v) is 3.52. The highest BCUT2D eigenvalue weighted by atomic mass is 16.5. The molecule has 2 rings (SSSR count). The van der Waals surface area contributed by atoms with Crippen molar-refractivity contribution in [1.82, 2.24) is 14.7 Å². The molecule has 0 bridgehead atoms. The molecule has 1 N–H and O–H groups in total. The van der Waals surface area contributed by atoms with Gasteiger partial charge in [0, 0.05) is 26.7 Å². The molecule has 0 unspecified atom stereocenters. The predicted octanol–water partition coefficient (Wildman–Crippen LogP) is 0.413. The number of aromatic nitrogens is 2. The van der Waals surface area contributed by atoms with E-state index in [2.05, 4.69) is 10.00 Å². The number of nitrogens with zero attached hydrogens (tertiary/aromatic N) is 3. The first-order chi connectivity index (χ1) is 9.34. The van der Waals surface area contributed by atoms with Gasteiger partial charge in [-0.25, -0.2) is 9.48 Å². The first-order valence-corrected chi connectivity index (χ1v) is 6.49. The molecule has 0 amide bonds. The van der Waals surface area contributed by atoms with Crippen molar-refractivity contribution in [2.75, 3.05) is 26.8 Å². The lowest BCUT2D eigenvalue weighted by molar-refractivity contribution is -0.165. The fourth-order valence-electron chi connectivity index (χ4n) is 2.68. The van der Waals surface area contributed by atoms with Crippen LogP contribution in [0, 0.1) is 6.92 Å². The van der Waals surface area contributed by atoms with Crippen LogP contribution in [0.5, 0.6) is 5.88 Å². The van der Waals surface area contributed by atoms with E-state index in [4.69, 9.17) is 14.6 Å². The molecule has 0 saturated carbocycles. The van der Waals surface area contributed by atoms with E-state index in [-0.39, 0.29) is 12.2 Å². The molecule has 1 fully saturated rings. The Balaban J connectivity index is 1.93. The number of carbonyl (C=O) groups is 1. The average molecular weight is 283 g/mol. The van der Waals surface area contributed by atoms with E-state index in [9.17, 15) is 4.79 Å². The Morgan fingerprint density at radius 1 is 1.50 bits per heavy atom. The lowest BCUT2D eigenvalue weighted by Crippen LogP contribution is -2.61. The Kier molecular flexibility index (Phi) is 4.01. The minimum absolute atomic E-state index is 0.250. The van der Waals surface area contributed by atoms with E-state index in [1.165, 1.54) is 0 Å². The van der Waals surface area contributed by atoms with Gasteiger partial charge in [-0.2, -0.15) is 5.10 Å². The average Bonchev–Trinajstić information content (AvgIpc) is 2.59. The maximum absolute atomic E-state index is 10.5. The molecular formula is C13H21N3O4. The van der Waals surface area contributed by atoms with Crippen LogP contribution in [-0.4, -0.2) is 58.2 Å². The molecule has 2 heterocycles. The second kappa shape index (κ2) is 5.41. The Morgan fingerprint density at radius 2 is 2.15 bits per heavy atom. The van der Waals surface area contributed by atoms with Crippen LogP contribution in [0.4, 0.5) is 0 Å². The molecule has 1 aliphatic heterocycles. The highest BCUT2D eigenvalue weighted by Crippen LogP contribution is 2.30. The second-order valence-corrected chi connectivity index (χ2v) is 5.47. The number of aliphatic carboxylic acids is 1. The Morgan fingerprint density at radius 3 is 2.70 bits per heavy atom.